The molecule has 0 saturated carbocycles. The molecule has 1 N–H and O–H groups in total. The Morgan fingerprint density at radius 2 is 1.80 bits per heavy atom. The first-order valence-electron chi connectivity index (χ1n) is 7.90. The van der Waals surface area contributed by atoms with Gasteiger partial charge in [-0.25, -0.2) is 8.42 Å². The Hall–Kier alpha value is -2.74. The van der Waals surface area contributed by atoms with Gasteiger partial charge in [0.25, 0.3) is 10.0 Å². The van der Waals surface area contributed by atoms with Gasteiger partial charge in [0, 0.05) is 0 Å². The number of nitrogens with one attached hydrogen (secondary N) is 1. The van der Waals surface area contributed by atoms with E-state index in [0.717, 1.165) is 12.0 Å². The molecule has 130 valence electrons. The molecular weight excluding hydrogens is 338 g/mol. The fourth-order valence-electron chi connectivity index (χ4n) is 2.51. The van der Waals surface area contributed by atoms with E-state index in [1.54, 1.807) is 36.4 Å². The second-order valence-corrected chi connectivity index (χ2v) is 7.80. The summed E-state index contributed by atoms with van der Waals surface area (Å²) in [5.41, 5.74) is 2.07. The molecule has 0 bridgehead atoms. The summed E-state index contributed by atoms with van der Waals surface area (Å²) < 4.78 is 29.4. The van der Waals surface area contributed by atoms with Crippen molar-refractivity contribution in [2.24, 2.45) is 5.92 Å². The van der Waals surface area contributed by atoms with Gasteiger partial charge < -0.3 is 0 Å². The number of anilines is 1. The normalized spacial score (nSPS) is 11.6. The van der Waals surface area contributed by atoms with E-state index in [1.165, 1.54) is 11.0 Å². The Labute approximate surface area is 146 Å². The van der Waals surface area contributed by atoms with Crippen molar-refractivity contribution >= 4 is 15.7 Å². The Bertz CT molecular complexity index is 935. The standard InChI is InChI=1S/C17H19N5O2S/c1-13(2)11-14-7-9-15(10-8-14)25(23,24)19-16-5-3-4-6-17(16)22-12-18-20-21-22/h3-10,12-13,19H,11H2,1-2H3. The third kappa shape index (κ3) is 4.03. The molecule has 0 aliphatic carbocycles. The molecule has 3 rings (SSSR count). The molecule has 1 heterocycles. The maximum absolute atomic E-state index is 12.7. The quantitative estimate of drug-likeness (QED) is 0.732. The van der Waals surface area contributed by atoms with Crippen LogP contribution < -0.4 is 4.72 Å². The third-order valence-electron chi connectivity index (χ3n) is 3.62. The zero-order valence-electron chi connectivity index (χ0n) is 14.0. The highest BCUT2D eigenvalue weighted by Gasteiger charge is 2.17. The van der Waals surface area contributed by atoms with Crippen LogP contribution in [0.2, 0.25) is 0 Å². The summed E-state index contributed by atoms with van der Waals surface area (Å²) in [5, 5.41) is 11.0. The molecule has 0 atom stereocenters. The lowest BCUT2D eigenvalue weighted by atomic mass is 10.0. The minimum atomic E-state index is -3.70. The van der Waals surface area contributed by atoms with Gasteiger partial charge in [-0.1, -0.05) is 38.1 Å². The van der Waals surface area contributed by atoms with Crippen molar-refractivity contribution in [3.63, 3.8) is 0 Å². The summed E-state index contributed by atoms with van der Waals surface area (Å²) in [5.74, 6) is 0.517. The van der Waals surface area contributed by atoms with Gasteiger partial charge in [0.05, 0.1) is 16.3 Å². The topological polar surface area (TPSA) is 89.8 Å². The predicted octanol–water partition coefficient (Wildman–Crippen LogP) is 2.66. The number of aromatic nitrogens is 4. The fourth-order valence-corrected chi connectivity index (χ4v) is 3.59. The van der Waals surface area contributed by atoms with Crippen molar-refractivity contribution < 1.29 is 8.42 Å². The van der Waals surface area contributed by atoms with Gasteiger partial charge in [0.2, 0.25) is 0 Å². The van der Waals surface area contributed by atoms with Crippen molar-refractivity contribution in [1.82, 2.24) is 20.2 Å². The van der Waals surface area contributed by atoms with Crippen LogP contribution in [0.1, 0.15) is 19.4 Å². The highest BCUT2D eigenvalue weighted by atomic mass is 32.2. The van der Waals surface area contributed by atoms with Gasteiger partial charge in [0.15, 0.2) is 0 Å². The van der Waals surface area contributed by atoms with Gasteiger partial charge >= 0.3 is 0 Å². The third-order valence-corrected chi connectivity index (χ3v) is 5.00. The molecular formula is C17H19N5O2S. The summed E-state index contributed by atoms with van der Waals surface area (Å²) in [4.78, 5) is 0.214. The van der Waals surface area contributed by atoms with E-state index in [9.17, 15) is 8.42 Å². The van der Waals surface area contributed by atoms with Gasteiger partial charge in [-0.15, -0.1) is 5.10 Å². The minimum Gasteiger partial charge on any atom is -0.277 e. The van der Waals surface area contributed by atoms with E-state index in [4.69, 9.17) is 0 Å². The fraction of sp³-hybridized carbons (Fsp3) is 0.235. The lowest BCUT2D eigenvalue weighted by Gasteiger charge is -2.12. The zero-order valence-corrected chi connectivity index (χ0v) is 14.8. The summed E-state index contributed by atoms with van der Waals surface area (Å²) in [7, 11) is -3.70. The van der Waals surface area contributed by atoms with E-state index in [2.05, 4.69) is 34.1 Å². The first-order chi connectivity index (χ1) is 12.0. The number of tetrazole rings is 1. The highest BCUT2D eigenvalue weighted by molar-refractivity contribution is 7.92. The van der Waals surface area contributed by atoms with E-state index >= 15 is 0 Å². The molecule has 0 spiro atoms. The van der Waals surface area contributed by atoms with Gasteiger partial charge in [0.1, 0.15) is 6.33 Å². The van der Waals surface area contributed by atoms with Crippen LogP contribution in [0.4, 0.5) is 5.69 Å². The largest absolute Gasteiger partial charge is 0.277 e. The number of rotatable bonds is 6. The average Bonchev–Trinajstić information content (AvgIpc) is 3.09. The second kappa shape index (κ2) is 7.02. The first-order valence-corrected chi connectivity index (χ1v) is 9.38. The SMILES string of the molecule is CC(C)Cc1ccc(S(=O)(=O)Nc2ccccc2-n2cnnn2)cc1. The number of nitrogens with zero attached hydrogens (tertiary/aromatic N) is 4. The number of hydrogen-bond donors (Lipinski definition) is 1. The maximum atomic E-state index is 12.7. The lowest BCUT2D eigenvalue weighted by molar-refractivity contribution is 0.601. The molecule has 7 nitrogen and oxygen atoms in total. The predicted molar refractivity (Wildman–Crippen MR) is 94.9 cm³/mol. The highest BCUT2D eigenvalue weighted by Crippen LogP contribution is 2.23. The van der Waals surface area contributed by atoms with Crippen LogP contribution in [0, 0.1) is 5.92 Å². The molecule has 0 unspecified atom stereocenters. The number of sulfonamides is 1. The molecule has 0 saturated heterocycles. The maximum Gasteiger partial charge on any atom is 0.261 e. The van der Waals surface area contributed by atoms with Crippen LogP contribution in [0.15, 0.2) is 59.8 Å². The van der Waals surface area contributed by atoms with Crippen LogP contribution in [0.3, 0.4) is 0 Å². The van der Waals surface area contributed by atoms with E-state index in [0.29, 0.717) is 17.3 Å². The summed E-state index contributed by atoms with van der Waals surface area (Å²) in [6.07, 6.45) is 2.32. The summed E-state index contributed by atoms with van der Waals surface area (Å²) in [6, 6.07) is 13.9. The monoisotopic (exact) mass is 357 g/mol. The minimum absolute atomic E-state index is 0.214. The molecule has 8 heteroatoms. The molecule has 0 amide bonds. The Morgan fingerprint density at radius 1 is 1.08 bits per heavy atom. The molecule has 0 fully saturated rings. The van der Waals surface area contributed by atoms with Crippen LogP contribution in [0.25, 0.3) is 5.69 Å². The van der Waals surface area contributed by atoms with Crippen LogP contribution in [-0.2, 0) is 16.4 Å². The van der Waals surface area contributed by atoms with E-state index in [-0.39, 0.29) is 4.90 Å². The van der Waals surface area contributed by atoms with Crippen molar-refractivity contribution in [3.05, 3.63) is 60.4 Å². The molecule has 0 aliphatic rings. The van der Waals surface area contributed by atoms with Crippen LogP contribution >= 0.6 is 0 Å². The molecule has 1 aromatic heterocycles. The van der Waals surface area contributed by atoms with Crippen LogP contribution in [0.5, 0.6) is 0 Å². The Morgan fingerprint density at radius 3 is 2.44 bits per heavy atom. The first kappa shape index (κ1) is 17.1. The number of para-hydroxylation sites is 2. The van der Waals surface area contributed by atoms with Crippen molar-refractivity contribution in [3.8, 4) is 5.69 Å². The van der Waals surface area contributed by atoms with E-state index in [1.807, 2.05) is 12.1 Å². The van der Waals surface area contributed by atoms with Crippen molar-refractivity contribution in [1.29, 1.82) is 0 Å². The van der Waals surface area contributed by atoms with E-state index < -0.39 is 10.0 Å². The molecule has 2 aromatic carbocycles. The van der Waals surface area contributed by atoms with Gasteiger partial charge in [-0.05, 0) is 52.6 Å². The zero-order chi connectivity index (χ0) is 17.9. The van der Waals surface area contributed by atoms with Crippen molar-refractivity contribution in [2.75, 3.05) is 4.72 Å². The van der Waals surface area contributed by atoms with Crippen molar-refractivity contribution in [2.45, 2.75) is 25.2 Å². The Kier molecular flexibility index (Phi) is 4.80. The second-order valence-electron chi connectivity index (χ2n) is 6.12. The molecule has 25 heavy (non-hydrogen) atoms. The molecule has 3 aromatic rings. The Balaban J connectivity index is 1.88. The van der Waals surface area contributed by atoms with Gasteiger partial charge in [-0.3, -0.25) is 4.72 Å². The number of hydrogen-bond acceptors (Lipinski definition) is 5. The molecule has 0 aliphatic heterocycles. The van der Waals surface area contributed by atoms with Gasteiger partial charge in [-0.2, -0.15) is 4.68 Å². The molecule has 0 radical (unpaired) electrons. The average molecular weight is 357 g/mol. The van der Waals surface area contributed by atoms with Crippen LogP contribution in [-0.4, -0.2) is 28.6 Å². The summed E-state index contributed by atoms with van der Waals surface area (Å²) >= 11 is 0. The smallest absolute Gasteiger partial charge is 0.261 e. The number of benzene rings is 2. The summed E-state index contributed by atoms with van der Waals surface area (Å²) in [6.45, 7) is 4.25. The lowest BCUT2D eigenvalue weighted by Crippen LogP contribution is -2.15.